The minimum atomic E-state index is -0.952. The number of nitrogens with one attached hydrogen (secondary N) is 1. The third-order valence-electron chi connectivity index (χ3n) is 2.94. The van der Waals surface area contributed by atoms with E-state index in [2.05, 4.69) is 5.32 Å². The van der Waals surface area contributed by atoms with Crippen LogP contribution in [0.5, 0.6) is 5.75 Å². The zero-order valence-corrected chi connectivity index (χ0v) is 15.3. The Bertz CT molecular complexity index is 574. The Kier molecular flexibility index (Phi) is 6.44. The Labute approximate surface area is 140 Å². The lowest BCUT2D eigenvalue weighted by Crippen LogP contribution is -2.44. The highest BCUT2D eigenvalue weighted by Gasteiger charge is 2.29. The van der Waals surface area contributed by atoms with Crippen molar-refractivity contribution in [3.8, 4) is 5.75 Å². The van der Waals surface area contributed by atoms with E-state index in [1.54, 1.807) is 27.7 Å². The average Bonchev–Trinajstić information content (AvgIpc) is 2.76. The molecule has 1 aromatic heterocycles. The van der Waals surface area contributed by atoms with Gasteiger partial charge in [0.1, 0.15) is 22.8 Å². The van der Waals surface area contributed by atoms with Crippen molar-refractivity contribution in [2.75, 3.05) is 6.61 Å². The van der Waals surface area contributed by atoms with E-state index >= 15 is 0 Å². The third-order valence-corrected chi connectivity index (χ3v) is 4.22. The highest BCUT2D eigenvalue weighted by atomic mass is 32.1. The van der Waals surface area contributed by atoms with Crippen LogP contribution in [0.15, 0.2) is 0 Å². The molecule has 0 fully saturated rings. The average molecular weight is 343 g/mol. The van der Waals surface area contributed by atoms with Crippen molar-refractivity contribution >= 4 is 23.4 Å². The summed E-state index contributed by atoms with van der Waals surface area (Å²) in [5.41, 5.74) is 0.0963. The number of carboxylic acid groups (broad SMARTS) is 1. The van der Waals surface area contributed by atoms with E-state index in [0.29, 0.717) is 24.3 Å². The molecule has 0 radical (unpaired) electrons. The van der Waals surface area contributed by atoms with Gasteiger partial charge < -0.3 is 19.9 Å². The van der Waals surface area contributed by atoms with Crippen molar-refractivity contribution in [1.29, 1.82) is 0 Å². The fraction of sp³-hybridized carbons (Fsp3) is 0.625. The highest BCUT2D eigenvalue weighted by Crippen LogP contribution is 2.38. The highest BCUT2D eigenvalue weighted by molar-refractivity contribution is 7.14. The van der Waals surface area contributed by atoms with Crippen molar-refractivity contribution in [2.45, 2.75) is 59.6 Å². The molecule has 23 heavy (non-hydrogen) atoms. The minimum Gasteiger partial charge on any atom is -0.490 e. The summed E-state index contributed by atoms with van der Waals surface area (Å²) in [6.45, 7) is 11.4. The zero-order chi connectivity index (χ0) is 17.8. The monoisotopic (exact) mass is 343 g/mol. The number of amides is 1. The quantitative estimate of drug-likeness (QED) is 0.857. The van der Waals surface area contributed by atoms with Crippen molar-refractivity contribution < 1.29 is 24.2 Å². The molecule has 0 saturated carbocycles. The van der Waals surface area contributed by atoms with Gasteiger partial charge in [0.05, 0.1) is 6.04 Å². The van der Waals surface area contributed by atoms with E-state index in [4.69, 9.17) is 14.6 Å². The van der Waals surface area contributed by atoms with E-state index in [1.807, 2.05) is 13.8 Å². The smallest absolute Gasteiger partial charge is 0.408 e. The van der Waals surface area contributed by atoms with Crippen LogP contribution in [-0.4, -0.2) is 35.4 Å². The number of thiophene rings is 1. The van der Waals surface area contributed by atoms with E-state index in [1.165, 1.54) is 11.3 Å². The van der Waals surface area contributed by atoms with Crippen LogP contribution in [0.2, 0.25) is 0 Å². The molecule has 130 valence electrons. The SMILES string of the molecule is CC.Cc1c(C(=O)O)sc2c1OCC(NC(=O)OC(C)(C)C)C2. The molecule has 1 aliphatic heterocycles. The first-order valence-electron chi connectivity index (χ1n) is 7.65. The summed E-state index contributed by atoms with van der Waals surface area (Å²) in [7, 11) is 0. The van der Waals surface area contributed by atoms with Crippen LogP contribution in [0.3, 0.4) is 0 Å². The van der Waals surface area contributed by atoms with Gasteiger partial charge in [0.2, 0.25) is 0 Å². The van der Waals surface area contributed by atoms with Crippen molar-refractivity contribution in [1.82, 2.24) is 5.32 Å². The summed E-state index contributed by atoms with van der Waals surface area (Å²) in [6, 6.07) is -0.216. The van der Waals surface area contributed by atoms with Gasteiger partial charge in [-0.25, -0.2) is 9.59 Å². The van der Waals surface area contributed by atoms with Crippen LogP contribution in [0, 0.1) is 6.92 Å². The molecule has 1 aliphatic rings. The Morgan fingerprint density at radius 3 is 2.48 bits per heavy atom. The first kappa shape index (κ1) is 19.3. The van der Waals surface area contributed by atoms with Crippen LogP contribution < -0.4 is 10.1 Å². The van der Waals surface area contributed by atoms with Crippen LogP contribution in [0.1, 0.15) is 54.7 Å². The molecular weight excluding hydrogens is 318 g/mol. The number of aromatic carboxylic acids is 1. The normalized spacial score (nSPS) is 16.3. The number of hydrogen-bond acceptors (Lipinski definition) is 5. The van der Waals surface area contributed by atoms with Crippen molar-refractivity contribution in [3.63, 3.8) is 0 Å². The number of fused-ring (bicyclic) bond motifs is 1. The number of rotatable bonds is 2. The van der Waals surface area contributed by atoms with E-state index in [9.17, 15) is 9.59 Å². The second kappa shape index (κ2) is 7.68. The molecule has 1 aromatic rings. The first-order chi connectivity index (χ1) is 10.7. The van der Waals surface area contributed by atoms with E-state index < -0.39 is 17.7 Å². The zero-order valence-electron chi connectivity index (χ0n) is 14.5. The summed E-state index contributed by atoms with van der Waals surface area (Å²) in [4.78, 5) is 24.0. The lowest BCUT2D eigenvalue weighted by atomic mass is 10.1. The van der Waals surface area contributed by atoms with E-state index in [0.717, 1.165) is 4.88 Å². The molecule has 1 atom stereocenters. The van der Waals surface area contributed by atoms with Gasteiger partial charge in [-0.1, -0.05) is 13.8 Å². The maximum Gasteiger partial charge on any atom is 0.408 e. The topological polar surface area (TPSA) is 84.9 Å². The number of alkyl carbamates (subject to hydrolysis) is 1. The summed E-state index contributed by atoms with van der Waals surface area (Å²) in [6.07, 6.45) is 0.0548. The molecule has 6 nitrogen and oxygen atoms in total. The van der Waals surface area contributed by atoms with Crippen molar-refractivity contribution in [3.05, 3.63) is 15.3 Å². The standard InChI is InChI=1S/C14H19NO5S.C2H6/c1-7-10-9(21-11(7)12(16)17)5-8(6-19-10)15-13(18)20-14(2,3)4;1-2/h8H,5-6H2,1-4H3,(H,15,18)(H,16,17);1-2H3. The number of carbonyl (C=O) groups is 2. The van der Waals surface area contributed by atoms with Gasteiger partial charge in [0, 0.05) is 16.9 Å². The second-order valence-corrected chi connectivity index (χ2v) is 7.08. The molecule has 2 N–H and O–H groups in total. The second-order valence-electron chi connectivity index (χ2n) is 5.97. The van der Waals surface area contributed by atoms with E-state index in [-0.39, 0.29) is 10.9 Å². The lowest BCUT2D eigenvalue weighted by molar-refractivity contribution is 0.0482. The molecule has 1 unspecified atom stereocenters. The van der Waals surface area contributed by atoms with Crippen LogP contribution in [0.25, 0.3) is 0 Å². The number of carbonyl (C=O) groups excluding carboxylic acids is 1. The predicted molar refractivity (Wildman–Crippen MR) is 89.7 cm³/mol. The molecule has 2 heterocycles. The summed E-state index contributed by atoms with van der Waals surface area (Å²) < 4.78 is 10.8. The maximum atomic E-state index is 11.7. The van der Waals surface area contributed by atoms with Gasteiger partial charge in [0.25, 0.3) is 0 Å². The van der Waals surface area contributed by atoms with Gasteiger partial charge in [0.15, 0.2) is 0 Å². The Morgan fingerprint density at radius 2 is 1.96 bits per heavy atom. The van der Waals surface area contributed by atoms with Gasteiger partial charge >= 0.3 is 12.1 Å². The van der Waals surface area contributed by atoms with Crippen LogP contribution >= 0.6 is 11.3 Å². The molecular formula is C16H25NO5S. The summed E-state index contributed by atoms with van der Waals surface area (Å²) >= 11 is 1.20. The van der Waals surface area contributed by atoms with Gasteiger partial charge in [-0.3, -0.25) is 0 Å². The summed E-state index contributed by atoms with van der Waals surface area (Å²) in [5, 5.41) is 11.9. The molecule has 2 rings (SSSR count). The number of ether oxygens (including phenoxy) is 2. The third kappa shape index (κ3) is 5.13. The predicted octanol–water partition coefficient (Wildman–Crippen LogP) is 3.61. The van der Waals surface area contributed by atoms with Gasteiger partial charge in [-0.05, 0) is 27.7 Å². The Morgan fingerprint density at radius 1 is 1.35 bits per heavy atom. The fourth-order valence-electron chi connectivity index (χ4n) is 2.12. The summed E-state index contributed by atoms with van der Waals surface area (Å²) in [5.74, 6) is -0.313. The Hall–Kier alpha value is -1.76. The fourth-order valence-corrected chi connectivity index (χ4v) is 3.29. The van der Waals surface area contributed by atoms with Gasteiger partial charge in [-0.2, -0.15) is 0 Å². The van der Waals surface area contributed by atoms with Crippen LogP contribution in [0.4, 0.5) is 4.79 Å². The number of hydrogen-bond donors (Lipinski definition) is 2. The Balaban J connectivity index is 0.00000127. The van der Waals surface area contributed by atoms with Gasteiger partial charge in [-0.15, -0.1) is 11.3 Å². The van der Waals surface area contributed by atoms with Crippen molar-refractivity contribution in [2.24, 2.45) is 0 Å². The molecule has 0 saturated heterocycles. The lowest BCUT2D eigenvalue weighted by Gasteiger charge is -2.26. The molecule has 0 bridgehead atoms. The largest absolute Gasteiger partial charge is 0.490 e. The molecule has 0 aliphatic carbocycles. The maximum absolute atomic E-state index is 11.7. The number of carboxylic acids is 1. The molecule has 0 aromatic carbocycles. The minimum absolute atomic E-state index is 0.216. The van der Waals surface area contributed by atoms with Crippen LogP contribution in [-0.2, 0) is 11.2 Å². The molecule has 7 heteroatoms. The molecule has 0 spiro atoms. The molecule has 1 amide bonds. The first-order valence-corrected chi connectivity index (χ1v) is 8.47.